The number of aromatic carboxylic acids is 4. The lowest BCUT2D eigenvalue weighted by atomic mass is 9.95. The van der Waals surface area contributed by atoms with Crippen molar-refractivity contribution >= 4 is 23.9 Å². The second kappa shape index (κ2) is 45.2. The molecule has 4 aliphatic rings. The number of hydrogen-bond acceptors (Lipinski definition) is 20. The fraction of sp³-hybridized carbons (Fsp3) is 0.244. The van der Waals surface area contributed by atoms with Gasteiger partial charge in [-0.15, -0.1) is 0 Å². The van der Waals surface area contributed by atoms with Crippen LogP contribution in [0, 0.1) is 34.6 Å². The molecule has 0 radical (unpaired) electrons. The molecule has 0 saturated carbocycles. The number of likely N-dealkylation sites (N-methyl/N-ethyl adjacent to an activating group) is 3. The third kappa shape index (κ3) is 24.0. The van der Waals surface area contributed by atoms with Crippen LogP contribution in [0.1, 0.15) is 161 Å². The number of aromatic nitrogens is 12. The van der Waals surface area contributed by atoms with Crippen LogP contribution in [0.5, 0.6) is 23.0 Å². The number of fused-ring (bicyclic) bond motifs is 4. The smallest absolute Gasteiger partial charge is 0.434 e. The van der Waals surface area contributed by atoms with Crippen LogP contribution >= 0.6 is 0 Å². The molecule has 21 rings (SSSR count). The first-order valence-electron chi connectivity index (χ1n) is 49.5. The molecule has 1 atom stereocenters. The summed E-state index contributed by atoms with van der Waals surface area (Å²) in [6, 6.07) is 84.0. The summed E-state index contributed by atoms with van der Waals surface area (Å²) in [6.45, 7) is 21.7. The number of rotatable bonds is 26. The predicted molar refractivity (Wildman–Crippen MR) is 566 cm³/mol. The Bertz CT molecular complexity index is 7480. The third-order valence-electron chi connectivity index (χ3n) is 27.5. The summed E-state index contributed by atoms with van der Waals surface area (Å²) in [5.74, 6) is -1.14. The lowest BCUT2D eigenvalue weighted by molar-refractivity contribution is -0.143. The lowest BCUT2D eigenvalue weighted by Crippen LogP contribution is -2.32. The molecule has 1 unspecified atom stereocenters. The van der Waals surface area contributed by atoms with Gasteiger partial charge in [-0.2, -0.15) is 28.5 Å². The van der Waals surface area contributed by atoms with E-state index in [0.717, 1.165) is 174 Å². The number of carboxylic acid groups (broad SMARTS) is 4. The van der Waals surface area contributed by atoms with Gasteiger partial charge >= 0.3 is 30.1 Å². The highest BCUT2D eigenvalue weighted by molar-refractivity contribution is 5.90. The first-order valence-corrected chi connectivity index (χ1v) is 49.5. The maximum atomic E-state index is 13.8. The van der Waals surface area contributed by atoms with E-state index in [2.05, 4.69) is 188 Å². The van der Waals surface area contributed by atoms with E-state index in [9.17, 15) is 52.8 Å². The number of hydrogen-bond donors (Lipinski definition) is 4. The molecule has 31 heteroatoms. The van der Waals surface area contributed by atoms with Gasteiger partial charge in [0.15, 0.2) is 28.8 Å². The topological polar surface area (TPSA) is 322 Å². The van der Waals surface area contributed by atoms with E-state index >= 15 is 0 Å². The van der Waals surface area contributed by atoms with Crippen molar-refractivity contribution in [3.8, 4) is 103 Å². The van der Waals surface area contributed by atoms with Crippen molar-refractivity contribution in [3.63, 3.8) is 0 Å². The Morgan fingerprint density at radius 1 is 0.373 bits per heavy atom. The van der Waals surface area contributed by atoms with Crippen molar-refractivity contribution < 1.29 is 71.7 Å². The molecule has 0 amide bonds. The molecule has 0 saturated heterocycles. The Hall–Kier alpha value is -16.9. The van der Waals surface area contributed by atoms with Crippen LogP contribution < -0.4 is 18.9 Å². The molecule has 17 aromatic rings. The van der Waals surface area contributed by atoms with Gasteiger partial charge in [-0.1, -0.05) is 174 Å². The quantitative estimate of drug-likeness (QED) is 0.0391. The molecule has 12 heterocycles. The maximum absolute atomic E-state index is 13.8. The molecule has 8 aromatic heterocycles. The van der Waals surface area contributed by atoms with Crippen molar-refractivity contribution in [1.82, 2.24) is 78.4 Å². The number of aryl methyl sites for hydroxylation is 5. The van der Waals surface area contributed by atoms with E-state index in [1.807, 2.05) is 143 Å². The maximum Gasteiger partial charge on any atom is 0.434 e. The van der Waals surface area contributed by atoms with E-state index < -0.39 is 41.3 Å². The average molecular weight is 2020 g/mol. The summed E-state index contributed by atoms with van der Waals surface area (Å²) in [5.41, 5.74) is 27.2. The van der Waals surface area contributed by atoms with Crippen LogP contribution in [0.25, 0.3) is 79.6 Å². The van der Waals surface area contributed by atoms with Gasteiger partial charge < -0.3 is 58.6 Å². The van der Waals surface area contributed by atoms with Gasteiger partial charge in [0, 0.05) is 101 Å². The van der Waals surface area contributed by atoms with Gasteiger partial charge in [0.25, 0.3) is 0 Å². The monoisotopic (exact) mass is 2020 g/mol. The molecular formula is C119H115F3N16O12. The Kier molecular flexibility index (Phi) is 31.1. The van der Waals surface area contributed by atoms with Crippen molar-refractivity contribution in [2.45, 2.75) is 132 Å². The average Bonchev–Trinajstić information content (AvgIpc) is 1.60. The molecule has 28 nitrogen and oxygen atoms in total. The zero-order valence-electron chi connectivity index (χ0n) is 85.2. The number of imidazole rings is 1. The Morgan fingerprint density at radius 2 is 0.753 bits per heavy atom. The first kappa shape index (κ1) is 103. The van der Waals surface area contributed by atoms with E-state index in [0.29, 0.717) is 94.8 Å². The molecule has 0 bridgehead atoms. The van der Waals surface area contributed by atoms with Gasteiger partial charge in [-0.3, -0.25) is 9.58 Å². The van der Waals surface area contributed by atoms with Gasteiger partial charge in [-0.25, -0.2) is 53.5 Å². The van der Waals surface area contributed by atoms with E-state index in [-0.39, 0.29) is 22.8 Å². The van der Waals surface area contributed by atoms with E-state index in [4.69, 9.17) is 33.9 Å². The molecule has 0 spiro atoms. The van der Waals surface area contributed by atoms with Crippen LogP contribution in [-0.2, 0) is 98.6 Å². The summed E-state index contributed by atoms with van der Waals surface area (Å²) in [7, 11) is 9.86. The lowest BCUT2D eigenvalue weighted by Gasteiger charge is -2.34. The number of nitrogens with zero attached hydrogens (tertiary/aromatic N) is 16. The summed E-state index contributed by atoms with van der Waals surface area (Å²) >= 11 is 0. The van der Waals surface area contributed by atoms with Gasteiger partial charge in [0.2, 0.25) is 0 Å². The second-order valence-corrected chi connectivity index (χ2v) is 38.6. The Labute approximate surface area is 867 Å². The molecule has 9 aromatic carbocycles. The van der Waals surface area contributed by atoms with Gasteiger partial charge in [-0.05, 0) is 258 Å². The molecule has 150 heavy (non-hydrogen) atoms. The summed E-state index contributed by atoms with van der Waals surface area (Å²) in [6.07, 6.45) is 2.54. The number of carbonyl (C=O) groups is 4. The number of halogens is 3. The summed E-state index contributed by atoms with van der Waals surface area (Å²) in [5, 5.41) is 49.3. The first-order chi connectivity index (χ1) is 72.2. The van der Waals surface area contributed by atoms with Gasteiger partial charge in [0.1, 0.15) is 71.9 Å². The minimum absolute atomic E-state index is 0.00836. The van der Waals surface area contributed by atoms with Crippen LogP contribution in [0.4, 0.5) is 13.2 Å². The Balaban J connectivity index is 0.000000131. The summed E-state index contributed by atoms with van der Waals surface area (Å²) in [4.78, 5) is 78.3. The van der Waals surface area contributed by atoms with E-state index in [1.165, 1.54) is 83.8 Å². The van der Waals surface area contributed by atoms with Crippen LogP contribution in [0.3, 0.4) is 0 Å². The molecule has 764 valence electrons. The summed E-state index contributed by atoms with van der Waals surface area (Å²) < 4.78 is 71.9. The number of ether oxygens (including phenoxy) is 4. The normalized spacial score (nSPS) is 13.7. The highest BCUT2D eigenvalue weighted by Gasteiger charge is 2.41. The number of carboxylic acids is 4. The van der Waals surface area contributed by atoms with Crippen LogP contribution in [0.2, 0.25) is 0 Å². The number of benzene rings is 9. The Morgan fingerprint density at radius 3 is 1.15 bits per heavy atom. The zero-order chi connectivity index (χ0) is 105. The number of alkyl halides is 3. The minimum atomic E-state index is -4.95. The molecule has 0 fully saturated rings. The highest BCUT2D eigenvalue weighted by Crippen LogP contribution is 2.41. The highest BCUT2D eigenvalue weighted by atomic mass is 19.4. The van der Waals surface area contributed by atoms with E-state index in [1.54, 1.807) is 37.8 Å². The molecule has 4 aliphatic heterocycles. The number of pyridine rings is 4. The molecule has 4 N–H and O–H groups in total. The van der Waals surface area contributed by atoms with Crippen LogP contribution in [-0.4, -0.2) is 170 Å². The predicted octanol–water partition coefficient (Wildman–Crippen LogP) is 21.9. The SMILES string of the molecule is Cc1ccc(OCc2ccc3c(c2)CCN(C(C)c2ccccc2)C3)c(-c2cccc(-n3ncc(C(=O)O)c3C(F)(F)F)n2)c1.Cc1ccc(OCc2ccc3c(c2)CCN(C)C3)c(-c2cccc(-c3cc(C(=O)O)nn3C)n2)c1.Cc1ccc(OCc2ccc3c(c2)CCN(C)C3)c(-c2cccc(-c3ncc(C(=O)O)n3C)n2)c1.Cc1ccc(OCc2ccc3c(c2)CCN(C)C3)c(-c2cccc(-n3ncc(C(=O)O)c3C)n2)c1. The minimum Gasteiger partial charge on any atom is -0.488 e. The fourth-order valence-electron chi connectivity index (χ4n) is 19.3. The fourth-order valence-corrected chi connectivity index (χ4v) is 19.3. The molecular weight excluding hydrogens is 1900 g/mol. The second-order valence-electron chi connectivity index (χ2n) is 38.6. The largest absolute Gasteiger partial charge is 0.488 e. The van der Waals surface area contributed by atoms with Crippen molar-refractivity contribution in [2.24, 2.45) is 14.1 Å². The zero-order valence-corrected chi connectivity index (χ0v) is 85.2. The van der Waals surface area contributed by atoms with Crippen LogP contribution in [0.15, 0.2) is 273 Å². The van der Waals surface area contributed by atoms with Crippen molar-refractivity contribution in [2.75, 3.05) is 47.3 Å². The van der Waals surface area contributed by atoms with Crippen molar-refractivity contribution in [1.29, 1.82) is 0 Å². The van der Waals surface area contributed by atoms with Gasteiger partial charge in [0.05, 0.1) is 58.4 Å². The third-order valence-corrected chi connectivity index (χ3v) is 27.5. The molecule has 0 aliphatic carbocycles. The standard InChI is InChI=1S/C35H31F3N4O3.3C28H28N4O3/c1-22-11-14-31(28(17-22)30-9-6-10-32(40-30)42-33(35(36,37)38)29(19-39-42)34(43)44)45-21-24-12-13-27-20-41(16-15-26(27)18-24)23(2)25-7-4-3-5-8-25;1-18-7-10-27(35-17-19-8-9-21-16-31(2)12-11-20(21)14-19)22(13-18)23-5-4-6-24(29-23)26-15-25(28(33)34)30-32(26)3;1-18-7-10-26(35-17-19-8-9-21-16-31(2)12-11-20(21)14-19)22(13-18)23-5-4-6-24(30-23)27-29-15-25(28(33)34)32(27)3;1-18-7-10-26(35-17-20-8-9-22-16-31(3)12-11-21(22)14-20)23(13-18)25-5-4-6-27(30-25)32-19(2)24(15-29-32)28(33)34/h3-14,17-19,23H,15-16,20-21H2,1-2H3,(H,43,44);3*4-10,13-15H,11-12,16-17H2,1-3H3,(H,33,34). The van der Waals surface area contributed by atoms with Crippen molar-refractivity contribution in [3.05, 3.63) is 402 Å².